The van der Waals surface area contributed by atoms with Crippen LogP contribution < -0.4 is 5.32 Å². The maximum absolute atomic E-state index is 12.5. The van der Waals surface area contributed by atoms with Crippen molar-refractivity contribution in [3.8, 4) is 0 Å². The van der Waals surface area contributed by atoms with Crippen LogP contribution in [0.5, 0.6) is 0 Å². The van der Waals surface area contributed by atoms with Gasteiger partial charge in [-0.1, -0.05) is 71.1 Å². The van der Waals surface area contributed by atoms with E-state index in [1.54, 1.807) is 0 Å². The SMILES string of the molecule is CCCCCCCCCCCCCC(=O)CC(CC(=O)P(O)C(=O)CCCC[N+](C)(C)C)NC(C)=O. The van der Waals surface area contributed by atoms with Crippen molar-refractivity contribution >= 4 is 30.9 Å². The van der Waals surface area contributed by atoms with E-state index in [-0.39, 0.29) is 31.0 Å². The van der Waals surface area contributed by atoms with E-state index >= 15 is 0 Å². The first-order chi connectivity index (χ1) is 17.0. The monoisotopic (exact) mass is 529 g/mol. The summed E-state index contributed by atoms with van der Waals surface area (Å²) >= 11 is 0. The lowest BCUT2D eigenvalue weighted by Crippen LogP contribution is -2.36. The van der Waals surface area contributed by atoms with Gasteiger partial charge in [-0.15, -0.1) is 0 Å². The molecule has 1 amide bonds. The van der Waals surface area contributed by atoms with E-state index in [4.69, 9.17) is 0 Å². The molecule has 0 aromatic carbocycles. The van der Waals surface area contributed by atoms with Crippen molar-refractivity contribution in [3.05, 3.63) is 0 Å². The molecule has 0 aliphatic rings. The number of Topliss-reactive ketones (excluding diaryl/α,β-unsaturated/α-hetero) is 1. The predicted molar refractivity (Wildman–Crippen MR) is 149 cm³/mol. The van der Waals surface area contributed by atoms with Gasteiger partial charge >= 0.3 is 0 Å². The summed E-state index contributed by atoms with van der Waals surface area (Å²) < 4.78 is 0.798. The van der Waals surface area contributed by atoms with Crippen LogP contribution in [0.25, 0.3) is 0 Å². The number of carbonyl (C=O) groups excluding carboxylic acids is 4. The molecule has 210 valence electrons. The molecule has 36 heavy (non-hydrogen) atoms. The van der Waals surface area contributed by atoms with E-state index in [0.717, 1.165) is 36.7 Å². The molecule has 2 unspecified atom stereocenters. The summed E-state index contributed by atoms with van der Waals surface area (Å²) in [6, 6.07) is -0.668. The minimum atomic E-state index is -2.40. The fraction of sp³-hybridized carbons (Fsp3) is 0.857. The molecule has 0 saturated carbocycles. The van der Waals surface area contributed by atoms with Crippen LogP contribution in [0.3, 0.4) is 0 Å². The van der Waals surface area contributed by atoms with Gasteiger partial charge in [-0.05, 0) is 19.3 Å². The van der Waals surface area contributed by atoms with Crippen molar-refractivity contribution in [1.82, 2.24) is 5.32 Å². The summed E-state index contributed by atoms with van der Waals surface area (Å²) in [7, 11) is 3.82. The highest BCUT2D eigenvalue weighted by Gasteiger charge is 2.28. The molecule has 0 aliphatic heterocycles. The molecular weight excluding hydrogens is 475 g/mol. The number of nitrogens with zero attached hydrogens (tertiary/aromatic N) is 1. The number of carbonyl (C=O) groups is 4. The number of unbranched alkanes of at least 4 members (excludes halogenated alkanes) is 11. The van der Waals surface area contributed by atoms with E-state index in [1.807, 2.05) is 0 Å². The van der Waals surface area contributed by atoms with E-state index in [1.165, 1.54) is 58.3 Å². The minimum Gasteiger partial charge on any atom is -0.360 e. The summed E-state index contributed by atoms with van der Waals surface area (Å²) in [5.41, 5.74) is -0.992. The average molecular weight is 530 g/mol. The number of hydrogen-bond acceptors (Lipinski definition) is 5. The van der Waals surface area contributed by atoms with Crippen LogP contribution in [0.4, 0.5) is 0 Å². The number of amides is 1. The molecule has 0 aliphatic carbocycles. The Hall–Kier alpha value is -1.17. The summed E-state index contributed by atoms with van der Waals surface area (Å²) in [5, 5.41) is 2.65. The average Bonchev–Trinajstić information content (AvgIpc) is 2.78. The lowest BCUT2D eigenvalue weighted by Gasteiger charge is -2.23. The largest absolute Gasteiger partial charge is 0.360 e. The number of quaternary nitrogens is 1. The Morgan fingerprint density at radius 2 is 1.22 bits per heavy atom. The molecule has 0 rings (SSSR count). The Labute approximate surface area is 221 Å². The normalized spacial score (nSPS) is 13.3. The number of ketones is 1. The van der Waals surface area contributed by atoms with Gasteiger partial charge in [-0.2, -0.15) is 0 Å². The molecule has 0 aromatic rings. The first-order valence-electron chi connectivity index (χ1n) is 14.1. The quantitative estimate of drug-likeness (QED) is 0.0927. The Morgan fingerprint density at radius 3 is 1.72 bits per heavy atom. The zero-order chi connectivity index (χ0) is 27.4. The molecule has 2 atom stereocenters. The maximum Gasteiger partial charge on any atom is 0.217 e. The van der Waals surface area contributed by atoms with Crippen LogP contribution in [0.1, 0.15) is 123 Å². The van der Waals surface area contributed by atoms with Gasteiger partial charge in [0.05, 0.1) is 27.7 Å². The van der Waals surface area contributed by atoms with Crippen molar-refractivity contribution in [2.75, 3.05) is 27.7 Å². The Bertz CT molecular complexity index is 648. The summed E-state index contributed by atoms with van der Waals surface area (Å²) in [5.74, 6) is -0.324. The number of rotatable bonds is 24. The van der Waals surface area contributed by atoms with Crippen molar-refractivity contribution in [1.29, 1.82) is 0 Å². The third kappa shape index (κ3) is 21.0. The smallest absolute Gasteiger partial charge is 0.217 e. The van der Waals surface area contributed by atoms with Gasteiger partial charge in [0.2, 0.25) is 5.91 Å². The number of hydrogen-bond donors (Lipinski definition) is 2. The van der Waals surface area contributed by atoms with Crippen LogP contribution >= 0.6 is 8.15 Å². The molecule has 0 saturated heterocycles. The highest BCUT2D eigenvalue weighted by molar-refractivity contribution is 7.84. The van der Waals surface area contributed by atoms with Crippen molar-refractivity contribution < 1.29 is 28.6 Å². The minimum absolute atomic E-state index is 0.00590. The van der Waals surface area contributed by atoms with Gasteiger partial charge in [0.1, 0.15) is 5.78 Å². The van der Waals surface area contributed by atoms with Crippen LogP contribution in [-0.4, -0.2) is 65.8 Å². The van der Waals surface area contributed by atoms with E-state index in [9.17, 15) is 24.1 Å². The maximum atomic E-state index is 12.5. The molecule has 0 fully saturated rings. The summed E-state index contributed by atoms with van der Waals surface area (Å²) in [4.78, 5) is 59.0. The van der Waals surface area contributed by atoms with Crippen LogP contribution in [0.15, 0.2) is 0 Å². The Kier molecular flexibility index (Phi) is 20.2. The molecule has 0 radical (unpaired) electrons. The zero-order valence-electron chi connectivity index (χ0n) is 23.8. The topological polar surface area (TPSA) is 101 Å². The third-order valence-electron chi connectivity index (χ3n) is 6.30. The highest BCUT2D eigenvalue weighted by Crippen LogP contribution is 2.36. The van der Waals surface area contributed by atoms with E-state index < -0.39 is 25.2 Å². The van der Waals surface area contributed by atoms with Crippen molar-refractivity contribution in [2.24, 2.45) is 0 Å². The Balaban J connectivity index is 4.25. The number of nitrogens with one attached hydrogen (secondary N) is 1. The van der Waals surface area contributed by atoms with Crippen molar-refractivity contribution in [3.63, 3.8) is 0 Å². The highest BCUT2D eigenvalue weighted by atomic mass is 31.1. The standard InChI is InChI=1S/C28H53N2O5P/c1-6-7-8-9-10-11-12-13-14-15-16-19-26(32)22-25(29-24(2)31)23-28(34)36(35)27(33)20-17-18-21-30(3,4)5/h25,35H,6-23H2,1-5H3/p+1. The van der Waals surface area contributed by atoms with Gasteiger partial charge in [-0.25, -0.2) is 0 Å². The molecule has 0 spiro atoms. The van der Waals surface area contributed by atoms with Crippen molar-refractivity contribution in [2.45, 2.75) is 129 Å². The molecule has 8 heteroatoms. The lowest BCUT2D eigenvalue weighted by atomic mass is 10.0. The second-order valence-corrected chi connectivity index (χ2v) is 12.8. The van der Waals surface area contributed by atoms with Gasteiger partial charge in [0.15, 0.2) is 19.2 Å². The van der Waals surface area contributed by atoms with E-state index in [2.05, 4.69) is 33.4 Å². The first-order valence-corrected chi connectivity index (χ1v) is 15.4. The molecule has 0 heterocycles. The second-order valence-electron chi connectivity index (χ2n) is 11.2. The molecule has 0 bridgehead atoms. The van der Waals surface area contributed by atoms with Gasteiger partial charge in [0.25, 0.3) is 0 Å². The molecular formula is C28H54N2O5P+. The zero-order valence-corrected chi connectivity index (χ0v) is 24.7. The first kappa shape index (κ1) is 34.8. The van der Waals surface area contributed by atoms with Crippen LogP contribution in [0.2, 0.25) is 0 Å². The summed E-state index contributed by atoms with van der Waals surface area (Å²) in [6.07, 6.45) is 15.3. The van der Waals surface area contributed by atoms with Gasteiger partial charge in [0, 0.05) is 38.6 Å². The van der Waals surface area contributed by atoms with Gasteiger partial charge < -0.3 is 14.7 Å². The Morgan fingerprint density at radius 1 is 0.722 bits per heavy atom. The van der Waals surface area contributed by atoms with Crippen LogP contribution in [-0.2, 0) is 19.2 Å². The van der Waals surface area contributed by atoms with Gasteiger partial charge in [-0.3, -0.25) is 19.2 Å². The second kappa shape index (κ2) is 20.8. The predicted octanol–water partition coefficient (Wildman–Crippen LogP) is 5.86. The van der Waals surface area contributed by atoms with Crippen LogP contribution in [0, 0.1) is 0 Å². The summed E-state index contributed by atoms with van der Waals surface area (Å²) in [6.45, 7) is 4.48. The lowest BCUT2D eigenvalue weighted by molar-refractivity contribution is -0.870. The fourth-order valence-corrected chi connectivity index (χ4v) is 5.27. The van der Waals surface area contributed by atoms with E-state index in [0.29, 0.717) is 12.8 Å². The third-order valence-corrected chi connectivity index (χ3v) is 7.65. The molecule has 2 N–H and O–H groups in total. The molecule has 0 aromatic heterocycles. The molecule has 7 nitrogen and oxygen atoms in total. The fourth-order valence-electron chi connectivity index (χ4n) is 4.23.